The summed E-state index contributed by atoms with van der Waals surface area (Å²) < 4.78 is 64.7. The molecule has 4 bridgehead atoms. The van der Waals surface area contributed by atoms with Gasteiger partial charge in [0.2, 0.25) is 6.41 Å². The minimum absolute atomic E-state index is 0.125. The largest absolute Gasteiger partial charge is 0.425 e. The van der Waals surface area contributed by atoms with E-state index in [9.17, 15) is 18.0 Å². The van der Waals surface area contributed by atoms with Crippen LogP contribution >= 0.6 is 0 Å². The summed E-state index contributed by atoms with van der Waals surface area (Å²) in [5.41, 5.74) is 5.59. The Morgan fingerprint density at radius 3 is 1.67 bits per heavy atom. The number of nitrogens with zero attached hydrogens (tertiary/aromatic N) is 2. The highest BCUT2D eigenvalue weighted by molar-refractivity contribution is 7.59. The van der Waals surface area contributed by atoms with E-state index in [1.54, 1.807) is 6.07 Å². The van der Waals surface area contributed by atoms with Gasteiger partial charge in [0, 0.05) is 30.9 Å². The van der Waals surface area contributed by atoms with E-state index in [1.165, 1.54) is 81.4 Å². The summed E-state index contributed by atoms with van der Waals surface area (Å²) in [6.45, 7) is 14.0. The van der Waals surface area contributed by atoms with Crippen LogP contribution < -0.4 is 5.32 Å². The second-order valence-corrected chi connectivity index (χ2v) is 16.4. The van der Waals surface area contributed by atoms with Gasteiger partial charge in [-0.1, -0.05) is 39.8 Å². The first-order valence-electron chi connectivity index (χ1n) is 17.9. The minimum atomic E-state index is -4.25. The van der Waals surface area contributed by atoms with Gasteiger partial charge in [0.15, 0.2) is 0 Å². The maximum Gasteiger partial charge on any atom is 0.425 e. The van der Waals surface area contributed by atoms with Crippen molar-refractivity contribution in [3.8, 4) is 0 Å². The first kappa shape index (κ1) is 36.0. The molecular weight excluding hydrogens is 651 g/mol. The minimum Gasteiger partial charge on any atom is -0.329 e. The molecule has 2 heterocycles. The Hall–Kier alpha value is -2.76. The van der Waals surface area contributed by atoms with E-state index in [-0.39, 0.29) is 10.8 Å². The van der Waals surface area contributed by atoms with Crippen molar-refractivity contribution in [1.82, 2.24) is 9.80 Å². The first-order valence-corrected chi connectivity index (χ1v) is 18.9. The monoisotopic (exact) mass is 701 g/mol. The number of carbonyl (C=O) groups excluding carboxylic acids is 1. The molecule has 2 aromatic carbocycles. The second kappa shape index (κ2) is 13.8. The number of halogens is 3. The molecule has 6 atom stereocenters. The standard InChI is InChI=1S/C19H24F3N.C19H26N2O.O3S/c1-12-17-9-14-5-6-15(19(20,21)22)10-16(14)18(12,2)7-8-23(17)11-13-3-4-13;1-13-18-9-15-5-6-16(20-12-22)10-17(15)19(13,2)7-8-21(18)11-14-3-4-14;1-4(2)3/h5-6,10,12-13,17H,3-4,7-9,11H2,1-2H3;5-6,10,12-14,18H,3-4,7-9,11H2,1-2H3,(H,20,22);/t12-,17?,18-;13-,18?,19-;/m00./s1. The smallest absolute Gasteiger partial charge is 0.329 e. The number of hydrogen-bond acceptors (Lipinski definition) is 6. The molecule has 2 aliphatic heterocycles. The topological polar surface area (TPSA) is 86.8 Å². The van der Waals surface area contributed by atoms with Gasteiger partial charge < -0.3 is 5.32 Å². The second-order valence-electron chi connectivity index (χ2n) is 16.0. The molecular formula is C38H50F3N3O4S. The number of rotatable bonds is 6. The van der Waals surface area contributed by atoms with Crippen LogP contribution in [0.5, 0.6) is 0 Å². The van der Waals surface area contributed by atoms with Crippen LogP contribution in [-0.4, -0.2) is 67.1 Å². The third-order valence-electron chi connectivity index (χ3n) is 13.2. The molecule has 49 heavy (non-hydrogen) atoms. The highest BCUT2D eigenvalue weighted by Crippen LogP contribution is 2.51. The van der Waals surface area contributed by atoms with Gasteiger partial charge in [0.1, 0.15) is 0 Å². The lowest BCUT2D eigenvalue weighted by molar-refractivity contribution is -0.137. The van der Waals surface area contributed by atoms with E-state index in [0.29, 0.717) is 23.9 Å². The highest BCUT2D eigenvalue weighted by atomic mass is 32.2. The van der Waals surface area contributed by atoms with Gasteiger partial charge in [0.05, 0.1) is 5.56 Å². The summed E-state index contributed by atoms with van der Waals surface area (Å²) in [4.78, 5) is 16.1. The van der Waals surface area contributed by atoms with E-state index < -0.39 is 22.3 Å². The average molecular weight is 702 g/mol. The van der Waals surface area contributed by atoms with E-state index in [0.717, 1.165) is 54.4 Å². The maximum absolute atomic E-state index is 13.1. The molecule has 268 valence electrons. The highest BCUT2D eigenvalue weighted by Gasteiger charge is 2.51. The zero-order chi connectivity index (χ0) is 35.3. The zero-order valence-corrected chi connectivity index (χ0v) is 29.9. The Kier molecular flexibility index (Phi) is 10.1. The summed E-state index contributed by atoms with van der Waals surface area (Å²) in [5, 5.41) is 2.82. The lowest BCUT2D eigenvalue weighted by Crippen LogP contribution is -2.58. The quantitative estimate of drug-likeness (QED) is 0.333. The van der Waals surface area contributed by atoms with Crippen LogP contribution in [0.3, 0.4) is 0 Å². The molecule has 4 fully saturated rings. The molecule has 6 aliphatic rings. The van der Waals surface area contributed by atoms with Crippen molar-refractivity contribution in [2.45, 2.75) is 108 Å². The molecule has 7 nitrogen and oxygen atoms in total. The molecule has 2 unspecified atom stereocenters. The van der Waals surface area contributed by atoms with Crippen LogP contribution in [0.25, 0.3) is 0 Å². The number of benzene rings is 2. The van der Waals surface area contributed by atoms with Crippen LogP contribution in [0, 0.1) is 23.7 Å². The van der Waals surface area contributed by atoms with Gasteiger partial charge in [-0.05, 0) is 145 Å². The van der Waals surface area contributed by atoms with Crippen molar-refractivity contribution in [3.63, 3.8) is 0 Å². The zero-order valence-electron chi connectivity index (χ0n) is 29.1. The van der Waals surface area contributed by atoms with Crippen molar-refractivity contribution in [2.24, 2.45) is 23.7 Å². The molecule has 0 aromatic heterocycles. The predicted octanol–water partition coefficient (Wildman–Crippen LogP) is 6.82. The number of anilines is 1. The molecule has 2 saturated heterocycles. The van der Waals surface area contributed by atoms with E-state index in [1.807, 2.05) is 6.07 Å². The molecule has 2 saturated carbocycles. The van der Waals surface area contributed by atoms with Crippen LogP contribution in [0.1, 0.15) is 94.0 Å². The molecule has 11 heteroatoms. The Morgan fingerprint density at radius 2 is 1.24 bits per heavy atom. The Morgan fingerprint density at radius 1 is 0.796 bits per heavy atom. The fourth-order valence-electron chi connectivity index (χ4n) is 9.47. The number of likely N-dealkylation sites (tertiary alicyclic amines) is 2. The average Bonchev–Trinajstić information content (AvgIpc) is 3.97. The number of amides is 1. The van der Waals surface area contributed by atoms with Crippen molar-refractivity contribution in [3.05, 3.63) is 64.2 Å². The first-order chi connectivity index (χ1) is 23.1. The Bertz CT molecular complexity index is 1650. The lowest BCUT2D eigenvalue weighted by atomic mass is 9.59. The number of fused-ring (bicyclic) bond motifs is 8. The van der Waals surface area contributed by atoms with Crippen LogP contribution in [0.15, 0.2) is 36.4 Å². The third kappa shape index (κ3) is 7.49. The molecule has 4 aliphatic carbocycles. The molecule has 0 radical (unpaired) electrons. The molecule has 1 amide bonds. The van der Waals surface area contributed by atoms with E-state index in [2.05, 4.69) is 54.9 Å². The number of nitrogens with one attached hydrogen (secondary N) is 1. The fourth-order valence-corrected chi connectivity index (χ4v) is 9.47. The molecule has 2 aromatic rings. The maximum atomic E-state index is 13.1. The predicted molar refractivity (Wildman–Crippen MR) is 183 cm³/mol. The number of piperidine rings is 2. The van der Waals surface area contributed by atoms with Crippen LogP contribution in [0.2, 0.25) is 0 Å². The summed E-state index contributed by atoms with van der Waals surface area (Å²) in [5.74, 6) is 2.92. The normalized spacial score (nSPS) is 31.9. The Balaban J connectivity index is 0.000000154. The van der Waals surface area contributed by atoms with E-state index >= 15 is 0 Å². The van der Waals surface area contributed by atoms with Gasteiger partial charge in [-0.15, -0.1) is 12.6 Å². The van der Waals surface area contributed by atoms with E-state index in [4.69, 9.17) is 12.6 Å². The van der Waals surface area contributed by atoms with Gasteiger partial charge in [-0.3, -0.25) is 14.6 Å². The van der Waals surface area contributed by atoms with Crippen LogP contribution in [-0.2, 0) is 45.3 Å². The van der Waals surface area contributed by atoms with Crippen molar-refractivity contribution < 1.29 is 30.6 Å². The fraction of sp³-hybridized carbons (Fsp3) is 0.658. The molecule has 1 N–H and O–H groups in total. The van der Waals surface area contributed by atoms with Gasteiger partial charge in [0.25, 0.3) is 0 Å². The summed E-state index contributed by atoms with van der Waals surface area (Å²) in [7, 11) is -3.11. The van der Waals surface area contributed by atoms with Gasteiger partial charge in [-0.25, -0.2) is 0 Å². The van der Waals surface area contributed by atoms with Gasteiger partial charge in [-0.2, -0.15) is 13.2 Å². The van der Waals surface area contributed by atoms with Crippen molar-refractivity contribution in [2.75, 3.05) is 31.5 Å². The van der Waals surface area contributed by atoms with Crippen LogP contribution in [0.4, 0.5) is 18.9 Å². The number of hydrogen-bond donors (Lipinski definition) is 1. The third-order valence-corrected chi connectivity index (χ3v) is 13.2. The molecule has 8 rings (SSSR count). The van der Waals surface area contributed by atoms with Crippen molar-refractivity contribution >= 4 is 22.7 Å². The summed E-state index contributed by atoms with van der Waals surface area (Å²) >= 11 is 0. The lowest BCUT2D eigenvalue weighted by Gasteiger charge is -2.55. The summed E-state index contributed by atoms with van der Waals surface area (Å²) in [6.07, 6.45) is 6.35. The van der Waals surface area contributed by atoms with Crippen molar-refractivity contribution in [1.29, 1.82) is 0 Å². The SMILES string of the molecule is C[C@H]1C2Cc3ccc(C(F)(F)F)cc3[C@@]1(C)CCN2CC1CC1.C[C@H]1C2Cc3ccc(NC=O)cc3[C@@]1(C)CCN2CC1CC1.O=S(=O)=O. The number of carbonyl (C=O) groups is 1. The molecule has 0 spiro atoms. The Labute approximate surface area is 290 Å². The number of alkyl halides is 3. The summed E-state index contributed by atoms with van der Waals surface area (Å²) in [6, 6.07) is 12.1. The van der Waals surface area contributed by atoms with Gasteiger partial charge >= 0.3 is 16.8 Å².